The van der Waals surface area contributed by atoms with Gasteiger partial charge in [-0.25, -0.2) is 0 Å². The summed E-state index contributed by atoms with van der Waals surface area (Å²) in [5.74, 6) is 0. The summed E-state index contributed by atoms with van der Waals surface area (Å²) in [6.45, 7) is -0.0242. The summed E-state index contributed by atoms with van der Waals surface area (Å²) in [5.41, 5.74) is 25.5. The van der Waals surface area contributed by atoms with Crippen LogP contribution in [0.2, 0.25) is 0 Å². The minimum Gasteiger partial charge on any atom is -0.310 e. The molecule has 2 aliphatic heterocycles. The zero-order chi connectivity index (χ0) is 42.5. The molecule has 0 radical (unpaired) electrons. The molecule has 0 fully saturated rings. The third-order valence-electron chi connectivity index (χ3n) is 15.7. The van der Waals surface area contributed by atoms with Crippen LogP contribution in [0.5, 0.6) is 0 Å². The Morgan fingerprint density at radius 2 is 0.682 bits per heavy atom. The van der Waals surface area contributed by atoms with E-state index in [1.165, 1.54) is 137 Å². The highest BCUT2D eigenvalue weighted by Gasteiger charge is 2.44. The molecule has 0 N–H and O–H groups in total. The SMILES string of the molecule is c1ccc(N(c2ccccc2)c2cc3c4c(c2)-n2c5cccc6c5c5c7c(cccc7cc(c52)B4c2cc4cccc5c4c4c7c(cccc7n-3c24)-c2ccccc2-5)-c2ccccc2-6)cc1. The molecule has 0 unspecified atom stereocenters. The zero-order valence-corrected chi connectivity index (χ0v) is 35.5. The topological polar surface area (TPSA) is 13.1 Å². The molecule has 0 atom stereocenters. The Bertz CT molecular complexity index is 4130. The molecule has 4 heterocycles. The molecule has 66 heavy (non-hydrogen) atoms. The highest BCUT2D eigenvalue weighted by atomic mass is 15.2. The van der Waals surface area contributed by atoms with Crippen LogP contribution in [0, 0.1) is 0 Å². The Kier molecular flexibility index (Phi) is 6.03. The fourth-order valence-electron chi connectivity index (χ4n) is 13.4. The quantitative estimate of drug-likeness (QED) is 0.162. The summed E-state index contributed by atoms with van der Waals surface area (Å²) in [6, 6.07) is 78.1. The summed E-state index contributed by atoms with van der Waals surface area (Å²) in [7, 11) is 0. The van der Waals surface area contributed by atoms with Crippen molar-refractivity contribution in [3.63, 3.8) is 0 Å². The van der Waals surface area contributed by atoms with Crippen molar-refractivity contribution in [2.45, 2.75) is 0 Å². The lowest BCUT2D eigenvalue weighted by Crippen LogP contribution is -2.59. The van der Waals surface area contributed by atoms with Crippen molar-refractivity contribution in [1.29, 1.82) is 0 Å². The lowest BCUT2D eigenvalue weighted by atomic mass is 9.34. The second-order valence-corrected chi connectivity index (χ2v) is 18.7. The Morgan fingerprint density at radius 3 is 1.12 bits per heavy atom. The van der Waals surface area contributed by atoms with E-state index in [9.17, 15) is 0 Å². The average molecular weight is 832 g/mol. The molecule has 4 aliphatic rings. The molecule has 4 heteroatoms. The predicted octanol–water partition coefficient (Wildman–Crippen LogP) is 14.1. The van der Waals surface area contributed by atoms with Gasteiger partial charge in [-0.1, -0.05) is 158 Å². The van der Waals surface area contributed by atoms with Crippen LogP contribution in [0.1, 0.15) is 0 Å². The smallest absolute Gasteiger partial charge is 0.252 e. The lowest BCUT2D eigenvalue weighted by molar-refractivity contribution is 1.13. The first-order valence-corrected chi connectivity index (χ1v) is 23.1. The monoisotopic (exact) mass is 831 g/mol. The van der Waals surface area contributed by atoms with Crippen LogP contribution in [0.4, 0.5) is 17.1 Å². The normalized spacial score (nSPS) is 13.1. The highest BCUT2D eigenvalue weighted by molar-refractivity contribution is 7.00. The van der Waals surface area contributed by atoms with Gasteiger partial charge < -0.3 is 14.0 Å². The molecule has 300 valence electrons. The maximum absolute atomic E-state index is 2.67. The lowest BCUT2D eigenvalue weighted by Gasteiger charge is -2.36. The van der Waals surface area contributed by atoms with Crippen LogP contribution in [0.25, 0.3) is 121 Å². The molecule has 0 saturated heterocycles. The van der Waals surface area contributed by atoms with Gasteiger partial charge in [0, 0.05) is 44.3 Å². The fraction of sp³-hybridized carbons (Fsp3) is 0. The number of hydrogen-bond donors (Lipinski definition) is 0. The minimum atomic E-state index is -0.0242. The number of para-hydroxylation sites is 2. The van der Waals surface area contributed by atoms with Gasteiger partial charge in [0.1, 0.15) is 0 Å². The van der Waals surface area contributed by atoms with E-state index in [4.69, 9.17) is 0 Å². The average Bonchev–Trinajstić information content (AvgIpc) is 3.83. The third kappa shape index (κ3) is 3.89. The standard InChI is InChI=1S/C62H34BN3/c1-3-17-37(18-4-1)64(38-19-5-2-6-20-38)39-33-52-60-53(34-39)66-51-30-14-28-47-43-24-10-8-22-41(43)45-26-12-16-36-32-49(62(66)59(55(36)45)57(47)51)63(60)48-31-35-15-11-25-44-40-21-7-9-23-42(40)46-27-13-29-50-56(46)58(54(35)44)61(48)65(50)52/h1-34H. The van der Waals surface area contributed by atoms with Gasteiger partial charge in [-0.05, 0) is 131 Å². The van der Waals surface area contributed by atoms with E-state index in [-0.39, 0.29) is 6.71 Å². The van der Waals surface area contributed by atoms with E-state index in [1.807, 2.05) is 0 Å². The van der Waals surface area contributed by atoms with Crippen molar-refractivity contribution in [3.8, 4) is 55.9 Å². The molecular formula is C62H34BN3. The van der Waals surface area contributed by atoms with Crippen LogP contribution in [-0.4, -0.2) is 15.8 Å². The Morgan fingerprint density at radius 1 is 0.303 bits per heavy atom. The summed E-state index contributed by atoms with van der Waals surface area (Å²) in [4.78, 5) is 2.45. The van der Waals surface area contributed by atoms with Gasteiger partial charge in [-0.2, -0.15) is 0 Å². The van der Waals surface area contributed by atoms with Crippen molar-refractivity contribution in [1.82, 2.24) is 9.13 Å². The molecule has 17 rings (SSSR count). The second kappa shape index (κ2) is 11.7. The molecule has 0 saturated carbocycles. The maximum Gasteiger partial charge on any atom is 0.252 e. The van der Waals surface area contributed by atoms with E-state index < -0.39 is 0 Å². The Labute approximate surface area is 379 Å². The third-order valence-corrected chi connectivity index (χ3v) is 15.7. The molecule has 11 aromatic carbocycles. The number of fused-ring (bicyclic) bond motifs is 12. The Balaban J connectivity index is 1.13. The van der Waals surface area contributed by atoms with E-state index in [0.29, 0.717) is 0 Å². The first-order valence-electron chi connectivity index (χ1n) is 23.1. The largest absolute Gasteiger partial charge is 0.310 e. The second-order valence-electron chi connectivity index (χ2n) is 18.7. The summed E-state index contributed by atoms with van der Waals surface area (Å²) in [6.07, 6.45) is 0. The minimum absolute atomic E-state index is 0.0242. The molecular weight excluding hydrogens is 798 g/mol. The van der Waals surface area contributed by atoms with Gasteiger partial charge in [0.25, 0.3) is 6.71 Å². The molecule has 3 nitrogen and oxygen atoms in total. The number of anilines is 3. The maximum atomic E-state index is 2.67. The van der Waals surface area contributed by atoms with Crippen LogP contribution in [0.15, 0.2) is 206 Å². The number of rotatable bonds is 3. The van der Waals surface area contributed by atoms with Crippen LogP contribution >= 0.6 is 0 Å². The van der Waals surface area contributed by atoms with Crippen molar-refractivity contribution in [3.05, 3.63) is 206 Å². The molecule has 0 bridgehead atoms. The number of aromatic nitrogens is 2. The highest BCUT2D eigenvalue weighted by Crippen LogP contribution is 2.53. The number of benzene rings is 11. The molecule has 0 spiro atoms. The first kappa shape index (κ1) is 33.9. The summed E-state index contributed by atoms with van der Waals surface area (Å²) < 4.78 is 5.33. The van der Waals surface area contributed by atoms with Crippen molar-refractivity contribution in [2.75, 3.05) is 4.90 Å². The Hall–Kier alpha value is -8.60. The van der Waals surface area contributed by atoms with Crippen LogP contribution in [0.3, 0.4) is 0 Å². The first-order chi connectivity index (χ1) is 32.8. The van der Waals surface area contributed by atoms with Crippen LogP contribution in [-0.2, 0) is 0 Å². The van der Waals surface area contributed by atoms with Crippen molar-refractivity contribution in [2.24, 2.45) is 0 Å². The van der Waals surface area contributed by atoms with Crippen molar-refractivity contribution < 1.29 is 0 Å². The van der Waals surface area contributed by atoms with Crippen molar-refractivity contribution >= 4 is 105 Å². The van der Waals surface area contributed by atoms with E-state index in [0.717, 1.165) is 17.1 Å². The van der Waals surface area contributed by atoms with E-state index in [1.54, 1.807) is 0 Å². The zero-order valence-electron chi connectivity index (χ0n) is 35.5. The van der Waals surface area contributed by atoms with Crippen LogP contribution < -0.4 is 21.3 Å². The summed E-state index contributed by atoms with van der Waals surface area (Å²) in [5, 5.41) is 10.7. The van der Waals surface area contributed by atoms with Gasteiger partial charge >= 0.3 is 0 Å². The van der Waals surface area contributed by atoms with Gasteiger partial charge in [-0.3, -0.25) is 0 Å². The van der Waals surface area contributed by atoms with Gasteiger partial charge in [0.2, 0.25) is 0 Å². The number of nitrogens with zero attached hydrogens (tertiary/aromatic N) is 3. The predicted molar refractivity (Wildman–Crippen MR) is 278 cm³/mol. The fourth-order valence-corrected chi connectivity index (χ4v) is 13.4. The van der Waals surface area contributed by atoms with Gasteiger partial charge in [0.15, 0.2) is 0 Å². The molecule has 2 aliphatic carbocycles. The van der Waals surface area contributed by atoms with Gasteiger partial charge in [0.05, 0.1) is 27.8 Å². The van der Waals surface area contributed by atoms with E-state index >= 15 is 0 Å². The van der Waals surface area contributed by atoms with E-state index in [2.05, 4.69) is 220 Å². The molecule has 2 aromatic heterocycles. The summed E-state index contributed by atoms with van der Waals surface area (Å²) >= 11 is 0. The number of hydrogen-bond acceptors (Lipinski definition) is 1. The van der Waals surface area contributed by atoms with Gasteiger partial charge in [-0.15, -0.1) is 0 Å². The molecule has 0 amide bonds. The molecule has 13 aromatic rings.